The second kappa shape index (κ2) is 3.84. The Balaban J connectivity index is 2.28. The highest BCUT2D eigenvalue weighted by molar-refractivity contribution is 5.69. The van der Waals surface area contributed by atoms with Gasteiger partial charge in [0.05, 0.1) is 7.11 Å². The molecule has 0 aromatic heterocycles. The van der Waals surface area contributed by atoms with Crippen molar-refractivity contribution < 1.29 is 4.74 Å². The summed E-state index contributed by atoms with van der Waals surface area (Å²) in [5.74, 6) is 0.906. The summed E-state index contributed by atoms with van der Waals surface area (Å²) in [6, 6.07) is 8.37. The number of hydrogen-bond donors (Lipinski definition) is 1. The van der Waals surface area contributed by atoms with E-state index in [4.69, 9.17) is 10.5 Å². The molecule has 2 nitrogen and oxygen atoms in total. The van der Waals surface area contributed by atoms with Gasteiger partial charge in [0.25, 0.3) is 0 Å². The highest BCUT2D eigenvalue weighted by atomic mass is 16.5. The van der Waals surface area contributed by atoms with Crippen LogP contribution >= 0.6 is 0 Å². The SMILES string of the molecule is COc1cccc(C2=CC(N)CC2)c1. The molecule has 0 fully saturated rings. The van der Waals surface area contributed by atoms with E-state index in [1.165, 1.54) is 11.1 Å². The lowest BCUT2D eigenvalue weighted by atomic mass is 10.1. The average molecular weight is 189 g/mol. The maximum absolute atomic E-state index is 5.83. The molecule has 14 heavy (non-hydrogen) atoms. The minimum atomic E-state index is 0.233. The molecule has 1 aliphatic rings. The molecule has 2 heteroatoms. The van der Waals surface area contributed by atoms with E-state index >= 15 is 0 Å². The first-order chi connectivity index (χ1) is 6.79. The largest absolute Gasteiger partial charge is 0.497 e. The fraction of sp³-hybridized carbons (Fsp3) is 0.333. The Morgan fingerprint density at radius 2 is 2.29 bits per heavy atom. The topological polar surface area (TPSA) is 35.2 Å². The Morgan fingerprint density at radius 1 is 1.43 bits per heavy atom. The average Bonchev–Trinajstić information content (AvgIpc) is 2.65. The van der Waals surface area contributed by atoms with Crippen molar-refractivity contribution in [3.63, 3.8) is 0 Å². The zero-order valence-corrected chi connectivity index (χ0v) is 8.36. The third-order valence-corrected chi connectivity index (χ3v) is 2.60. The van der Waals surface area contributed by atoms with E-state index < -0.39 is 0 Å². The number of hydrogen-bond acceptors (Lipinski definition) is 2. The molecular formula is C12H15NO. The van der Waals surface area contributed by atoms with Crippen LogP contribution in [-0.4, -0.2) is 13.2 Å². The summed E-state index contributed by atoms with van der Waals surface area (Å²) in [6.07, 6.45) is 4.29. The predicted molar refractivity (Wildman–Crippen MR) is 58.2 cm³/mol. The molecule has 1 atom stereocenters. The van der Waals surface area contributed by atoms with Gasteiger partial charge in [-0.1, -0.05) is 18.2 Å². The van der Waals surface area contributed by atoms with Crippen LogP contribution in [0, 0.1) is 0 Å². The van der Waals surface area contributed by atoms with Gasteiger partial charge in [0.1, 0.15) is 5.75 Å². The first kappa shape index (κ1) is 9.28. The van der Waals surface area contributed by atoms with Gasteiger partial charge in [-0.3, -0.25) is 0 Å². The highest BCUT2D eigenvalue weighted by Crippen LogP contribution is 2.28. The number of rotatable bonds is 2. The summed E-state index contributed by atoms with van der Waals surface area (Å²) < 4.78 is 5.18. The predicted octanol–water partition coefficient (Wildman–Crippen LogP) is 2.20. The van der Waals surface area contributed by atoms with Crippen LogP contribution in [0.1, 0.15) is 18.4 Å². The summed E-state index contributed by atoms with van der Waals surface area (Å²) in [5.41, 5.74) is 8.40. The molecule has 74 valence electrons. The Kier molecular flexibility index (Phi) is 2.55. The number of ether oxygens (including phenoxy) is 1. The van der Waals surface area contributed by atoms with E-state index in [1.54, 1.807) is 7.11 Å². The molecule has 0 bridgehead atoms. The second-order valence-electron chi connectivity index (χ2n) is 3.63. The molecule has 1 aromatic carbocycles. The van der Waals surface area contributed by atoms with Crippen molar-refractivity contribution in [2.24, 2.45) is 5.73 Å². The van der Waals surface area contributed by atoms with Gasteiger partial charge in [0.2, 0.25) is 0 Å². The van der Waals surface area contributed by atoms with Crippen LogP contribution in [0.2, 0.25) is 0 Å². The molecule has 2 rings (SSSR count). The molecule has 1 aromatic rings. The lowest BCUT2D eigenvalue weighted by Crippen LogP contribution is -2.11. The van der Waals surface area contributed by atoms with E-state index in [0.717, 1.165) is 18.6 Å². The van der Waals surface area contributed by atoms with Crippen LogP contribution in [0.15, 0.2) is 30.3 Å². The first-order valence-corrected chi connectivity index (χ1v) is 4.90. The highest BCUT2D eigenvalue weighted by Gasteiger charge is 2.13. The van der Waals surface area contributed by atoms with Gasteiger partial charge in [0.15, 0.2) is 0 Å². The van der Waals surface area contributed by atoms with Gasteiger partial charge >= 0.3 is 0 Å². The molecule has 1 unspecified atom stereocenters. The zero-order valence-electron chi connectivity index (χ0n) is 8.36. The van der Waals surface area contributed by atoms with Crippen LogP contribution in [-0.2, 0) is 0 Å². The van der Waals surface area contributed by atoms with Gasteiger partial charge in [-0.05, 0) is 36.1 Å². The van der Waals surface area contributed by atoms with Gasteiger partial charge in [-0.25, -0.2) is 0 Å². The summed E-state index contributed by atoms with van der Waals surface area (Å²) >= 11 is 0. The Bertz CT molecular complexity index is 357. The molecule has 0 saturated heterocycles. The number of methoxy groups -OCH3 is 1. The lowest BCUT2D eigenvalue weighted by molar-refractivity contribution is 0.414. The number of benzene rings is 1. The van der Waals surface area contributed by atoms with Crippen LogP contribution in [0.3, 0.4) is 0 Å². The number of nitrogens with two attached hydrogens (primary N) is 1. The molecule has 0 radical (unpaired) electrons. The number of allylic oxidation sites excluding steroid dienone is 1. The molecule has 2 N–H and O–H groups in total. The molecule has 0 amide bonds. The summed E-state index contributed by atoms with van der Waals surface area (Å²) in [6.45, 7) is 0. The molecular weight excluding hydrogens is 174 g/mol. The Hall–Kier alpha value is -1.28. The monoisotopic (exact) mass is 189 g/mol. The maximum atomic E-state index is 5.83. The molecule has 0 saturated carbocycles. The van der Waals surface area contributed by atoms with E-state index in [-0.39, 0.29) is 6.04 Å². The van der Waals surface area contributed by atoms with Gasteiger partial charge < -0.3 is 10.5 Å². The second-order valence-corrected chi connectivity index (χ2v) is 3.63. The van der Waals surface area contributed by atoms with Crippen molar-refractivity contribution >= 4 is 5.57 Å². The Labute approximate surface area is 84.4 Å². The smallest absolute Gasteiger partial charge is 0.119 e. The first-order valence-electron chi connectivity index (χ1n) is 4.90. The molecule has 0 aliphatic heterocycles. The quantitative estimate of drug-likeness (QED) is 0.774. The van der Waals surface area contributed by atoms with Gasteiger partial charge in [-0.15, -0.1) is 0 Å². The molecule has 1 aliphatic carbocycles. The lowest BCUT2D eigenvalue weighted by Gasteiger charge is -2.04. The third kappa shape index (κ3) is 1.80. The van der Waals surface area contributed by atoms with Crippen LogP contribution in [0.4, 0.5) is 0 Å². The fourth-order valence-electron chi connectivity index (χ4n) is 1.81. The summed E-state index contributed by atoms with van der Waals surface area (Å²) in [5, 5.41) is 0. The maximum Gasteiger partial charge on any atom is 0.119 e. The van der Waals surface area contributed by atoms with Crippen molar-refractivity contribution in [1.82, 2.24) is 0 Å². The van der Waals surface area contributed by atoms with Crippen molar-refractivity contribution in [3.8, 4) is 5.75 Å². The Morgan fingerprint density at radius 3 is 2.93 bits per heavy atom. The minimum absolute atomic E-state index is 0.233. The van der Waals surface area contributed by atoms with E-state index in [2.05, 4.69) is 18.2 Å². The van der Waals surface area contributed by atoms with Crippen LogP contribution in [0.5, 0.6) is 5.75 Å². The van der Waals surface area contributed by atoms with Crippen LogP contribution in [0.25, 0.3) is 5.57 Å². The van der Waals surface area contributed by atoms with E-state index in [0.29, 0.717) is 0 Å². The van der Waals surface area contributed by atoms with Gasteiger partial charge in [0, 0.05) is 6.04 Å². The minimum Gasteiger partial charge on any atom is -0.497 e. The third-order valence-electron chi connectivity index (χ3n) is 2.60. The standard InChI is InChI=1S/C12H15NO/c1-14-12-4-2-3-9(8-12)10-5-6-11(13)7-10/h2-4,7-8,11H,5-6,13H2,1H3. The zero-order chi connectivity index (χ0) is 9.97. The van der Waals surface area contributed by atoms with Gasteiger partial charge in [-0.2, -0.15) is 0 Å². The summed E-state index contributed by atoms with van der Waals surface area (Å²) in [4.78, 5) is 0. The van der Waals surface area contributed by atoms with Crippen molar-refractivity contribution in [2.75, 3.05) is 7.11 Å². The molecule has 0 spiro atoms. The van der Waals surface area contributed by atoms with E-state index in [9.17, 15) is 0 Å². The van der Waals surface area contributed by atoms with E-state index in [1.807, 2.05) is 12.1 Å². The van der Waals surface area contributed by atoms with Crippen molar-refractivity contribution in [1.29, 1.82) is 0 Å². The fourth-order valence-corrected chi connectivity index (χ4v) is 1.81. The summed E-state index contributed by atoms with van der Waals surface area (Å²) in [7, 11) is 1.69. The van der Waals surface area contributed by atoms with Crippen molar-refractivity contribution in [3.05, 3.63) is 35.9 Å². The normalized spacial score (nSPS) is 20.7. The van der Waals surface area contributed by atoms with Crippen molar-refractivity contribution in [2.45, 2.75) is 18.9 Å². The van der Waals surface area contributed by atoms with Crippen LogP contribution < -0.4 is 10.5 Å². The molecule has 0 heterocycles.